The fraction of sp³-hybridized carbons (Fsp3) is 0.438. The normalized spacial score (nSPS) is 16.1. The van der Waals surface area contributed by atoms with Crippen LogP contribution in [0.2, 0.25) is 0 Å². The van der Waals surface area contributed by atoms with Gasteiger partial charge >= 0.3 is 0 Å². The average Bonchev–Trinajstić information content (AvgIpc) is 2.48. The molecule has 1 fully saturated rings. The molecule has 108 valence electrons. The van der Waals surface area contributed by atoms with Crippen molar-refractivity contribution in [2.75, 3.05) is 26.3 Å². The lowest BCUT2D eigenvalue weighted by molar-refractivity contribution is 0.0575. The third-order valence-corrected chi connectivity index (χ3v) is 3.58. The molecular weight excluding hydrogens is 257 g/mol. The van der Waals surface area contributed by atoms with Crippen molar-refractivity contribution in [1.82, 2.24) is 4.90 Å². The maximum atomic E-state index is 12.8. The molecule has 1 aromatic rings. The smallest absolute Gasteiger partial charge is 0.253 e. The van der Waals surface area contributed by atoms with Gasteiger partial charge < -0.3 is 9.64 Å². The maximum Gasteiger partial charge on any atom is 0.253 e. The van der Waals surface area contributed by atoms with E-state index in [1.54, 1.807) is 6.08 Å². The van der Waals surface area contributed by atoms with Crippen LogP contribution in [0.25, 0.3) is 0 Å². The van der Waals surface area contributed by atoms with Crippen molar-refractivity contribution in [3.63, 3.8) is 0 Å². The van der Waals surface area contributed by atoms with Crippen molar-refractivity contribution < 1.29 is 13.9 Å². The van der Waals surface area contributed by atoms with Crippen molar-refractivity contribution in [1.29, 1.82) is 0 Å². The molecule has 0 radical (unpaired) electrons. The summed E-state index contributed by atoms with van der Waals surface area (Å²) in [4.78, 5) is 14.1. The van der Waals surface area contributed by atoms with Gasteiger partial charge in [-0.25, -0.2) is 4.39 Å². The summed E-state index contributed by atoms with van der Waals surface area (Å²) < 4.78 is 18.3. The van der Waals surface area contributed by atoms with Gasteiger partial charge in [-0.2, -0.15) is 0 Å². The largest absolute Gasteiger partial charge is 0.377 e. The van der Waals surface area contributed by atoms with Crippen molar-refractivity contribution in [3.05, 3.63) is 48.3 Å². The third-order valence-electron chi connectivity index (χ3n) is 3.58. The second-order valence-electron chi connectivity index (χ2n) is 5.07. The summed E-state index contributed by atoms with van der Waals surface area (Å²) in [6.07, 6.45) is 3.64. The molecular formula is C16H20FNO2. The summed E-state index contributed by atoms with van der Waals surface area (Å²) in [7, 11) is 0. The molecule has 0 spiro atoms. The highest BCUT2D eigenvalue weighted by Gasteiger charge is 2.23. The number of halogens is 1. The molecule has 0 saturated carbocycles. The van der Waals surface area contributed by atoms with Crippen LogP contribution in [-0.2, 0) is 4.74 Å². The van der Waals surface area contributed by atoms with E-state index in [2.05, 4.69) is 6.58 Å². The average molecular weight is 277 g/mol. The summed E-state index contributed by atoms with van der Waals surface area (Å²) in [6.45, 7) is 6.39. The molecule has 1 heterocycles. The van der Waals surface area contributed by atoms with E-state index in [0.717, 1.165) is 32.5 Å². The quantitative estimate of drug-likeness (QED) is 0.612. The number of piperidine rings is 1. The predicted octanol–water partition coefficient (Wildman–Crippen LogP) is 2.88. The van der Waals surface area contributed by atoms with Crippen LogP contribution in [0.5, 0.6) is 0 Å². The van der Waals surface area contributed by atoms with E-state index >= 15 is 0 Å². The molecule has 4 heteroatoms. The lowest BCUT2D eigenvalue weighted by atomic mass is 9.97. The summed E-state index contributed by atoms with van der Waals surface area (Å²) in [5.74, 6) is 0.169. The van der Waals surface area contributed by atoms with E-state index in [0.29, 0.717) is 18.1 Å². The Morgan fingerprint density at radius 2 is 2.00 bits per heavy atom. The Balaban J connectivity index is 1.82. The molecule has 1 aromatic carbocycles. The number of nitrogens with zero attached hydrogens (tertiary/aromatic N) is 1. The zero-order valence-electron chi connectivity index (χ0n) is 11.6. The molecule has 0 bridgehead atoms. The van der Waals surface area contributed by atoms with Crippen LogP contribution >= 0.6 is 0 Å². The van der Waals surface area contributed by atoms with E-state index in [9.17, 15) is 9.18 Å². The molecule has 0 N–H and O–H groups in total. The number of ether oxygens (including phenoxy) is 1. The first kappa shape index (κ1) is 14.7. The van der Waals surface area contributed by atoms with Crippen LogP contribution < -0.4 is 0 Å². The molecule has 1 aliphatic rings. The maximum absolute atomic E-state index is 12.8. The number of benzene rings is 1. The highest BCUT2D eigenvalue weighted by atomic mass is 19.1. The van der Waals surface area contributed by atoms with E-state index in [1.807, 2.05) is 4.90 Å². The van der Waals surface area contributed by atoms with Gasteiger partial charge in [0.2, 0.25) is 0 Å². The van der Waals surface area contributed by atoms with E-state index in [1.165, 1.54) is 24.3 Å². The molecule has 0 atom stereocenters. The molecule has 0 aliphatic carbocycles. The van der Waals surface area contributed by atoms with Crippen LogP contribution in [0, 0.1) is 11.7 Å². The Morgan fingerprint density at radius 1 is 1.35 bits per heavy atom. The fourth-order valence-electron chi connectivity index (χ4n) is 2.40. The minimum atomic E-state index is -0.320. The lowest BCUT2D eigenvalue weighted by Gasteiger charge is -2.31. The van der Waals surface area contributed by atoms with Crippen molar-refractivity contribution in [3.8, 4) is 0 Å². The topological polar surface area (TPSA) is 29.5 Å². The molecule has 2 rings (SSSR count). The molecule has 1 saturated heterocycles. The highest BCUT2D eigenvalue weighted by molar-refractivity contribution is 5.94. The van der Waals surface area contributed by atoms with Crippen LogP contribution in [-0.4, -0.2) is 37.1 Å². The predicted molar refractivity (Wildman–Crippen MR) is 76.0 cm³/mol. The number of rotatable bonds is 5. The zero-order valence-corrected chi connectivity index (χ0v) is 11.6. The first-order valence-corrected chi connectivity index (χ1v) is 6.94. The molecule has 1 aliphatic heterocycles. The Labute approximate surface area is 119 Å². The Morgan fingerprint density at radius 3 is 2.60 bits per heavy atom. The van der Waals surface area contributed by atoms with Gasteiger partial charge in [-0.05, 0) is 43.0 Å². The van der Waals surface area contributed by atoms with Crippen LogP contribution in [0.15, 0.2) is 36.9 Å². The Hall–Kier alpha value is -1.68. The van der Waals surface area contributed by atoms with Crippen molar-refractivity contribution in [2.45, 2.75) is 12.8 Å². The summed E-state index contributed by atoms with van der Waals surface area (Å²) >= 11 is 0. The SMILES string of the molecule is C=CCOCC1CCN(C(=O)c2ccc(F)cc2)CC1. The van der Waals surface area contributed by atoms with Gasteiger partial charge in [-0.1, -0.05) is 6.08 Å². The van der Waals surface area contributed by atoms with Gasteiger partial charge in [-0.3, -0.25) is 4.79 Å². The van der Waals surface area contributed by atoms with Gasteiger partial charge in [0.1, 0.15) is 5.82 Å². The number of amides is 1. The molecule has 0 unspecified atom stereocenters. The van der Waals surface area contributed by atoms with Gasteiger partial charge in [0.25, 0.3) is 5.91 Å². The van der Waals surface area contributed by atoms with Crippen LogP contribution in [0.3, 0.4) is 0 Å². The fourth-order valence-corrected chi connectivity index (χ4v) is 2.40. The second kappa shape index (κ2) is 7.20. The Kier molecular flexibility index (Phi) is 5.30. The minimum Gasteiger partial charge on any atom is -0.377 e. The van der Waals surface area contributed by atoms with Gasteiger partial charge in [0.05, 0.1) is 6.61 Å². The summed E-state index contributed by atoms with van der Waals surface area (Å²) in [5, 5.41) is 0. The molecule has 0 aromatic heterocycles. The van der Waals surface area contributed by atoms with E-state index in [-0.39, 0.29) is 11.7 Å². The standard InChI is InChI=1S/C16H20FNO2/c1-2-11-20-12-13-7-9-18(10-8-13)16(19)14-3-5-15(17)6-4-14/h2-6,13H,1,7-12H2. The molecule has 3 nitrogen and oxygen atoms in total. The number of carbonyl (C=O) groups excluding carboxylic acids is 1. The third kappa shape index (κ3) is 3.90. The van der Waals surface area contributed by atoms with Crippen molar-refractivity contribution >= 4 is 5.91 Å². The van der Waals surface area contributed by atoms with E-state index in [4.69, 9.17) is 4.74 Å². The first-order valence-electron chi connectivity index (χ1n) is 6.94. The molecule has 1 amide bonds. The van der Waals surface area contributed by atoms with Crippen LogP contribution in [0.4, 0.5) is 4.39 Å². The first-order chi connectivity index (χ1) is 9.70. The number of carbonyl (C=O) groups is 1. The van der Waals surface area contributed by atoms with Crippen LogP contribution in [0.1, 0.15) is 23.2 Å². The lowest BCUT2D eigenvalue weighted by Crippen LogP contribution is -2.39. The van der Waals surface area contributed by atoms with Gasteiger partial charge in [0, 0.05) is 25.3 Å². The summed E-state index contributed by atoms with van der Waals surface area (Å²) in [6, 6.07) is 5.72. The monoisotopic (exact) mass is 277 g/mol. The van der Waals surface area contributed by atoms with Gasteiger partial charge in [-0.15, -0.1) is 6.58 Å². The Bertz CT molecular complexity index is 450. The van der Waals surface area contributed by atoms with Gasteiger partial charge in [0.15, 0.2) is 0 Å². The zero-order chi connectivity index (χ0) is 14.4. The molecule has 20 heavy (non-hydrogen) atoms. The number of hydrogen-bond acceptors (Lipinski definition) is 2. The number of hydrogen-bond donors (Lipinski definition) is 0. The van der Waals surface area contributed by atoms with Crippen molar-refractivity contribution in [2.24, 2.45) is 5.92 Å². The minimum absolute atomic E-state index is 0.0181. The number of likely N-dealkylation sites (tertiary alicyclic amines) is 1. The van der Waals surface area contributed by atoms with E-state index < -0.39 is 0 Å². The second-order valence-corrected chi connectivity index (χ2v) is 5.07. The highest BCUT2D eigenvalue weighted by Crippen LogP contribution is 2.19. The summed E-state index contributed by atoms with van der Waals surface area (Å²) in [5.41, 5.74) is 0.549.